The first-order valence-corrected chi connectivity index (χ1v) is 10.0. The summed E-state index contributed by atoms with van der Waals surface area (Å²) < 4.78 is 5.65. The third-order valence-corrected chi connectivity index (χ3v) is 6.08. The standard InChI is InChI=1S/C20H31N5O/c1-21-19(25-11-6-20(15-25)7-12-26-16-20)23-14-17-5-8-22-18(13-17)24-9-3-2-4-10-24/h5,8,13H,2-4,6-7,9-12,14-16H2,1H3,(H,21,23). The van der Waals surface area contributed by atoms with Crippen LogP contribution in [0, 0.1) is 5.41 Å². The molecule has 3 fully saturated rings. The number of pyridine rings is 1. The fourth-order valence-electron chi connectivity index (χ4n) is 4.47. The van der Waals surface area contributed by atoms with Crippen LogP contribution < -0.4 is 10.2 Å². The molecule has 26 heavy (non-hydrogen) atoms. The molecule has 142 valence electrons. The molecule has 6 nitrogen and oxygen atoms in total. The maximum Gasteiger partial charge on any atom is 0.193 e. The fourth-order valence-corrected chi connectivity index (χ4v) is 4.47. The van der Waals surface area contributed by atoms with Gasteiger partial charge in [0, 0.05) is 58.0 Å². The lowest BCUT2D eigenvalue weighted by molar-refractivity contribution is 0.156. The number of nitrogens with zero attached hydrogens (tertiary/aromatic N) is 4. The fraction of sp³-hybridized carbons (Fsp3) is 0.700. The molecule has 6 heteroatoms. The molecule has 0 saturated carbocycles. The summed E-state index contributed by atoms with van der Waals surface area (Å²) in [6.07, 6.45) is 8.22. The van der Waals surface area contributed by atoms with Gasteiger partial charge in [-0.3, -0.25) is 4.99 Å². The number of nitrogens with one attached hydrogen (secondary N) is 1. The number of aliphatic imine (C=N–C) groups is 1. The van der Waals surface area contributed by atoms with E-state index in [2.05, 4.69) is 37.2 Å². The summed E-state index contributed by atoms with van der Waals surface area (Å²) in [5, 5.41) is 3.55. The average Bonchev–Trinajstić information content (AvgIpc) is 3.33. The Morgan fingerprint density at radius 3 is 2.92 bits per heavy atom. The van der Waals surface area contributed by atoms with E-state index in [1.54, 1.807) is 0 Å². The van der Waals surface area contributed by atoms with Crippen molar-refractivity contribution < 1.29 is 4.74 Å². The van der Waals surface area contributed by atoms with Gasteiger partial charge >= 0.3 is 0 Å². The monoisotopic (exact) mass is 357 g/mol. The Bertz CT molecular complexity index is 635. The molecule has 0 bridgehead atoms. The zero-order valence-electron chi connectivity index (χ0n) is 15.9. The van der Waals surface area contributed by atoms with Crippen molar-refractivity contribution in [1.82, 2.24) is 15.2 Å². The maximum absolute atomic E-state index is 5.65. The van der Waals surface area contributed by atoms with Gasteiger partial charge in [0.25, 0.3) is 0 Å². The van der Waals surface area contributed by atoms with Gasteiger partial charge in [0.15, 0.2) is 5.96 Å². The SMILES string of the molecule is CN=C(NCc1ccnc(N2CCCCC2)c1)N1CCC2(CCOC2)C1. The number of likely N-dealkylation sites (tertiary alicyclic amines) is 1. The zero-order chi connectivity index (χ0) is 17.8. The van der Waals surface area contributed by atoms with E-state index in [9.17, 15) is 0 Å². The van der Waals surface area contributed by atoms with Gasteiger partial charge in [-0.1, -0.05) is 0 Å². The highest BCUT2D eigenvalue weighted by atomic mass is 16.5. The number of piperidine rings is 1. The van der Waals surface area contributed by atoms with Gasteiger partial charge < -0.3 is 19.9 Å². The molecule has 4 heterocycles. The van der Waals surface area contributed by atoms with Crippen LogP contribution in [0.4, 0.5) is 5.82 Å². The molecular weight excluding hydrogens is 326 g/mol. The molecule has 3 aliphatic heterocycles. The molecule has 1 aromatic heterocycles. The van der Waals surface area contributed by atoms with Crippen LogP contribution in [0.5, 0.6) is 0 Å². The van der Waals surface area contributed by atoms with Crippen LogP contribution in [0.3, 0.4) is 0 Å². The molecule has 1 spiro atoms. The maximum atomic E-state index is 5.65. The average molecular weight is 358 g/mol. The molecule has 0 aliphatic carbocycles. The van der Waals surface area contributed by atoms with Crippen molar-refractivity contribution in [3.8, 4) is 0 Å². The van der Waals surface area contributed by atoms with Crippen LogP contribution >= 0.6 is 0 Å². The van der Waals surface area contributed by atoms with Gasteiger partial charge in [-0.2, -0.15) is 0 Å². The Kier molecular flexibility index (Phi) is 5.29. The van der Waals surface area contributed by atoms with E-state index in [1.165, 1.54) is 37.7 Å². The first kappa shape index (κ1) is 17.6. The molecule has 4 rings (SSSR count). The topological polar surface area (TPSA) is 53.0 Å². The minimum Gasteiger partial charge on any atom is -0.381 e. The lowest BCUT2D eigenvalue weighted by Gasteiger charge is -2.28. The summed E-state index contributed by atoms with van der Waals surface area (Å²) in [7, 11) is 1.88. The molecular formula is C20H31N5O. The lowest BCUT2D eigenvalue weighted by atomic mass is 9.87. The van der Waals surface area contributed by atoms with E-state index in [1.807, 2.05) is 13.2 Å². The van der Waals surface area contributed by atoms with Crippen molar-refractivity contribution in [3.63, 3.8) is 0 Å². The Hall–Kier alpha value is -1.82. The summed E-state index contributed by atoms with van der Waals surface area (Å²) in [6, 6.07) is 4.33. The predicted octanol–water partition coefficient (Wildman–Crippen LogP) is 2.26. The number of aromatic nitrogens is 1. The van der Waals surface area contributed by atoms with E-state index in [4.69, 9.17) is 4.74 Å². The third kappa shape index (κ3) is 3.80. The number of guanidine groups is 1. The first-order valence-electron chi connectivity index (χ1n) is 10.0. The molecule has 1 N–H and O–H groups in total. The number of hydrogen-bond acceptors (Lipinski definition) is 4. The van der Waals surface area contributed by atoms with Crippen LogP contribution in [-0.2, 0) is 11.3 Å². The van der Waals surface area contributed by atoms with E-state index >= 15 is 0 Å². The first-order chi connectivity index (χ1) is 12.8. The number of hydrogen-bond donors (Lipinski definition) is 1. The molecule has 0 radical (unpaired) electrons. The highest BCUT2D eigenvalue weighted by molar-refractivity contribution is 5.80. The second kappa shape index (κ2) is 7.82. The van der Waals surface area contributed by atoms with Crippen molar-refractivity contribution in [2.45, 2.75) is 38.6 Å². The quantitative estimate of drug-likeness (QED) is 0.664. The van der Waals surface area contributed by atoms with E-state index in [0.29, 0.717) is 5.41 Å². The Morgan fingerprint density at radius 1 is 1.27 bits per heavy atom. The van der Waals surface area contributed by atoms with E-state index in [-0.39, 0.29) is 0 Å². The van der Waals surface area contributed by atoms with Crippen LogP contribution in [0.2, 0.25) is 0 Å². The van der Waals surface area contributed by atoms with Gasteiger partial charge in [-0.15, -0.1) is 0 Å². The number of ether oxygens (including phenoxy) is 1. The van der Waals surface area contributed by atoms with Gasteiger partial charge in [-0.25, -0.2) is 4.98 Å². The van der Waals surface area contributed by atoms with Crippen molar-refractivity contribution in [2.24, 2.45) is 10.4 Å². The molecule has 1 aromatic rings. The Balaban J connectivity index is 1.35. The minimum absolute atomic E-state index is 0.357. The van der Waals surface area contributed by atoms with Crippen LogP contribution in [-0.4, -0.2) is 62.3 Å². The molecule has 1 unspecified atom stereocenters. The third-order valence-electron chi connectivity index (χ3n) is 6.08. The van der Waals surface area contributed by atoms with Crippen molar-refractivity contribution in [3.05, 3.63) is 23.9 Å². The smallest absolute Gasteiger partial charge is 0.193 e. The summed E-state index contributed by atoms with van der Waals surface area (Å²) in [5.74, 6) is 2.12. The summed E-state index contributed by atoms with van der Waals surface area (Å²) >= 11 is 0. The summed E-state index contributed by atoms with van der Waals surface area (Å²) in [6.45, 7) is 6.99. The van der Waals surface area contributed by atoms with Gasteiger partial charge in [0.2, 0.25) is 0 Å². The number of anilines is 1. The number of rotatable bonds is 3. The van der Waals surface area contributed by atoms with Crippen LogP contribution in [0.15, 0.2) is 23.3 Å². The van der Waals surface area contributed by atoms with E-state index < -0.39 is 0 Å². The molecule has 3 aliphatic rings. The molecule has 3 saturated heterocycles. The summed E-state index contributed by atoms with van der Waals surface area (Å²) in [5.41, 5.74) is 1.62. The van der Waals surface area contributed by atoms with Crippen molar-refractivity contribution in [1.29, 1.82) is 0 Å². The predicted molar refractivity (Wildman–Crippen MR) is 105 cm³/mol. The lowest BCUT2D eigenvalue weighted by Crippen LogP contribution is -2.41. The molecule has 1 atom stereocenters. The van der Waals surface area contributed by atoms with Crippen LogP contribution in [0.25, 0.3) is 0 Å². The molecule has 0 amide bonds. The summed E-state index contributed by atoms with van der Waals surface area (Å²) in [4.78, 5) is 13.9. The second-order valence-corrected chi connectivity index (χ2v) is 7.94. The highest BCUT2D eigenvalue weighted by Gasteiger charge is 2.42. The van der Waals surface area contributed by atoms with Crippen LogP contribution in [0.1, 0.15) is 37.7 Å². The van der Waals surface area contributed by atoms with E-state index in [0.717, 1.165) is 57.7 Å². The zero-order valence-corrected chi connectivity index (χ0v) is 15.9. The van der Waals surface area contributed by atoms with Gasteiger partial charge in [-0.05, 0) is 49.8 Å². The normalized spacial score (nSPS) is 26.7. The Labute approximate surface area is 156 Å². The largest absolute Gasteiger partial charge is 0.381 e. The van der Waals surface area contributed by atoms with Crippen molar-refractivity contribution in [2.75, 3.05) is 51.3 Å². The second-order valence-electron chi connectivity index (χ2n) is 7.94. The highest BCUT2D eigenvalue weighted by Crippen LogP contribution is 2.38. The molecule has 0 aromatic carbocycles. The van der Waals surface area contributed by atoms with Gasteiger partial charge in [0.1, 0.15) is 5.82 Å². The minimum atomic E-state index is 0.357. The van der Waals surface area contributed by atoms with Crippen molar-refractivity contribution >= 4 is 11.8 Å². The van der Waals surface area contributed by atoms with Gasteiger partial charge in [0.05, 0.1) is 6.61 Å². The Morgan fingerprint density at radius 2 is 2.15 bits per heavy atom.